The highest BCUT2D eigenvalue weighted by Gasteiger charge is 2.34. The van der Waals surface area contributed by atoms with Crippen LogP contribution in [0.25, 0.3) is 0 Å². The summed E-state index contributed by atoms with van der Waals surface area (Å²) < 4.78 is 0. The van der Waals surface area contributed by atoms with Crippen LogP contribution in [0.3, 0.4) is 0 Å². The molecule has 184 valence electrons. The Labute approximate surface area is 214 Å². The number of halogens is 1. The van der Waals surface area contributed by atoms with Gasteiger partial charge in [0.1, 0.15) is 0 Å². The molecule has 0 aromatic heterocycles. The molecule has 0 heterocycles. The number of hydrogen-bond donors (Lipinski definition) is 3. The Balaban J connectivity index is 0.00000342. The van der Waals surface area contributed by atoms with E-state index >= 15 is 0 Å². The highest BCUT2D eigenvalue weighted by atomic mass is 35.5. The van der Waals surface area contributed by atoms with Gasteiger partial charge in [0.25, 0.3) is 0 Å². The number of hydrogen-bond acceptors (Lipinski definition) is 4. The minimum absolute atomic E-state index is 0. The number of anilines is 2. The lowest BCUT2D eigenvalue weighted by molar-refractivity contribution is -0.885. The first-order valence-electron chi connectivity index (χ1n) is 12.1. The van der Waals surface area contributed by atoms with Crippen LogP contribution in [-0.4, -0.2) is 44.3 Å². The number of fused-ring (bicyclic) bond motifs is 2. The van der Waals surface area contributed by atoms with E-state index in [9.17, 15) is 9.59 Å². The van der Waals surface area contributed by atoms with Gasteiger partial charge in [0, 0.05) is 47.9 Å². The van der Waals surface area contributed by atoms with Gasteiger partial charge in [0.15, 0.2) is 11.6 Å². The Morgan fingerprint density at radius 2 is 1.31 bits per heavy atom. The van der Waals surface area contributed by atoms with Gasteiger partial charge in [-0.15, -0.1) is 0 Å². The summed E-state index contributed by atoms with van der Waals surface area (Å²) in [7, 11) is 4.36. The fourth-order valence-corrected chi connectivity index (χ4v) is 4.68. The Morgan fingerprint density at radius 3 is 1.89 bits per heavy atom. The molecule has 0 bridgehead atoms. The summed E-state index contributed by atoms with van der Waals surface area (Å²) in [6.45, 7) is 4.77. The lowest BCUT2D eigenvalue weighted by Gasteiger charge is -2.26. The molecule has 35 heavy (non-hydrogen) atoms. The van der Waals surface area contributed by atoms with Crippen molar-refractivity contribution in [1.82, 2.24) is 0 Å². The van der Waals surface area contributed by atoms with Crippen molar-refractivity contribution in [3.63, 3.8) is 0 Å². The number of likely N-dealkylation sites (N-methyl/N-ethyl adjacent to an activating group) is 1. The molecular weight excluding hydrogens is 458 g/mol. The molecule has 3 aromatic carbocycles. The summed E-state index contributed by atoms with van der Waals surface area (Å²) >= 11 is 0. The van der Waals surface area contributed by atoms with Gasteiger partial charge in [0.2, 0.25) is 0 Å². The normalized spacial score (nSPS) is 13.2. The van der Waals surface area contributed by atoms with Gasteiger partial charge in [-0.2, -0.15) is 0 Å². The van der Waals surface area contributed by atoms with Gasteiger partial charge in [-0.1, -0.05) is 54.6 Å². The second kappa shape index (κ2) is 11.5. The van der Waals surface area contributed by atoms with Crippen LogP contribution < -0.4 is 27.9 Å². The molecule has 0 radical (unpaired) electrons. The van der Waals surface area contributed by atoms with Crippen LogP contribution in [0.15, 0.2) is 66.7 Å². The predicted octanol–water partition coefficient (Wildman–Crippen LogP) is 0.844. The number of ketones is 2. The van der Waals surface area contributed by atoms with E-state index in [2.05, 4.69) is 49.0 Å². The van der Waals surface area contributed by atoms with E-state index < -0.39 is 0 Å². The predicted molar refractivity (Wildman–Crippen MR) is 138 cm³/mol. The zero-order chi connectivity index (χ0) is 24.2. The molecule has 0 amide bonds. The van der Waals surface area contributed by atoms with Crippen molar-refractivity contribution in [2.24, 2.45) is 0 Å². The summed E-state index contributed by atoms with van der Waals surface area (Å²) in [5.41, 5.74) is 4.67. The zero-order valence-corrected chi connectivity index (χ0v) is 21.6. The Hall–Kier alpha value is -3.15. The number of carbonyl (C=O) groups is 2. The molecule has 1 unspecified atom stereocenters. The van der Waals surface area contributed by atoms with E-state index in [0.29, 0.717) is 34.0 Å². The molecule has 1 aliphatic rings. The third kappa shape index (κ3) is 5.75. The SMILES string of the molecule is CC(C)Nc1ccc(NCCC(Cc2ccccc2)[NH+](C)C)c2c1C(=O)c1ccccc1C2=O.[Cl-]. The molecule has 1 aliphatic carbocycles. The van der Waals surface area contributed by atoms with Gasteiger partial charge in [-0.25, -0.2) is 0 Å². The fraction of sp³-hybridized carbons (Fsp3) is 0.310. The standard InChI is InChI=1S/C29H33N3O2.ClH/c1-19(2)31-25-15-14-24(26-27(25)29(34)23-13-9-8-12-22(23)28(26)33)30-17-16-21(32(3)4)18-20-10-6-5-7-11-20;/h5-15,19,21,30-31H,16-18H2,1-4H3;1H. The van der Waals surface area contributed by atoms with Crippen molar-refractivity contribution in [3.8, 4) is 0 Å². The van der Waals surface area contributed by atoms with Gasteiger partial charge in [-0.3, -0.25) is 9.59 Å². The van der Waals surface area contributed by atoms with E-state index in [-0.39, 0.29) is 30.0 Å². The second-order valence-electron chi connectivity index (χ2n) is 9.59. The number of benzene rings is 3. The van der Waals surface area contributed by atoms with Crippen molar-refractivity contribution in [2.45, 2.75) is 38.8 Å². The number of quaternary nitrogens is 1. The monoisotopic (exact) mass is 491 g/mol. The van der Waals surface area contributed by atoms with Crippen LogP contribution in [-0.2, 0) is 6.42 Å². The quantitative estimate of drug-likeness (QED) is 0.325. The molecular formula is C29H34ClN3O2. The molecule has 1 atom stereocenters. The molecule has 0 aliphatic heterocycles. The van der Waals surface area contributed by atoms with Crippen LogP contribution in [0.1, 0.15) is 57.7 Å². The van der Waals surface area contributed by atoms with E-state index in [1.807, 2.05) is 44.2 Å². The van der Waals surface area contributed by atoms with E-state index in [1.54, 1.807) is 12.1 Å². The summed E-state index contributed by atoms with van der Waals surface area (Å²) in [6.07, 6.45) is 1.93. The maximum atomic E-state index is 13.5. The van der Waals surface area contributed by atoms with Crippen molar-refractivity contribution in [3.05, 3.63) is 94.5 Å². The fourth-order valence-electron chi connectivity index (χ4n) is 4.68. The maximum absolute atomic E-state index is 13.5. The van der Waals surface area contributed by atoms with Crippen LogP contribution in [0.5, 0.6) is 0 Å². The lowest BCUT2D eigenvalue weighted by Crippen LogP contribution is -3.10. The highest BCUT2D eigenvalue weighted by Crippen LogP contribution is 2.36. The second-order valence-corrected chi connectivity index (χ2v) is 9.59. The topological polar surface area (TPSA) is 62.6 Å². The first-order valence-corrected chi connectivity index (χ1v) is 12.1. The van der Waals surface area contributed by atoms with Crippen LogP contribution in [0.4, 0.5) is 11.4 Å². The Bertz CT molecular complexity index is 1190. The third-order valence-electron chi connectivity index (χ3n) is 6.47. The van der Waals surface area contributed by atoms with Gasteiger partial charge in [0.05, 0.1) is 31.3 Å². The molecule has 4 rings (SSSR count). The minimum atomic E-state index is -0.100. The molecule has 6 heteroatoms. The first-order chi connectivity index (χ1) is 16.4. The summed E-state index contributed by atoms with van der Waals surface area (Å²) in [4.78, 5) is 28.4. The highest BCUT2D eigenvalue weighted by molar-refractivity contribution is 6.31. The Kier molecular flexibility index (Phi) is 8.71. The van der Waals surface area contributed by atoms with Gasteiger partial charge in [-0.05, 0) is 31.5 Å². The van der Waals surface area contributed by atoms with Crippen molar-refractivity contribution < 1.29 is 26.9 Å². The number of carbonyl (C=O) groups excluding carboxylic acids is 2. The van der Waals surface area contributed by atoms with Crippen LogP contribution in [0, 0.1) is 0 Å². The minimum Gasteiger partial charge on any atom is -1.00 e. The van der Waals surface area contributed by atoms with E-state index in [4.69, 9.17) is 0 Å². The molecule has 5 nitrogen and oxygen atoms in total. The van der Waals surface area contributed by atoms with Gasteiger partial charge < -0.3 is 27.9 Å². The summed E-state index contributed by atoms with van der Waals surface area (Å²) in [5, 5.41) is 6.85. The smallest absolute Gasteiger partial charge is 0.196 e. The average molecular weight is 492 g/mol. The molecule has 0 saturated carbocycles. The summed E-state index contributed by atoms with van der Waals surface area (Å²) in [6, 6.07) is 22.1. The van der Waals surface area contributed by atoms with Gasteiger partial charge >= 0.3 is 0 Å². The van der Waals surface area contributed by atoms with Crippen molar-refractivity contribution in [2.75, 3.05) is 31.3 Å². The Morgan fingerprint density at radius 1 is 0.771 bits per heavy atom. The van der Waals surface area contributed by atoms with Crippen LogP contribution in [0.2, 0.25) is 0 Å². The number of rotatable bonds is 9. The van der Waals surface area contributed by atoms with E-state index in [1.165, 1.54) is 10.5 Å². The maximum Gasteiger partial charge on any atom is 0.196 e. The zero-order valence-electron chi connectivity index (χ0n) is 20.8. The van der Waals surface area contributed by atoms with E-state index in [0.717, 1.165) is 25.1 Å². The lowest BCUT2D eigenvalue weighted by atomic mass is 9.82. The molecule has 3 N–H and O–H groups in total. The molecule has 3 aromatic rings. The van der Waals surface area contributed by atoms with Crippen LogP contribution >= 0.6 is 0 Å². The molecule has 0 spiro atoms. The average Bonchev–Trinajstić information content (AvgIpc) is 2.82. The third-order valence-corrected chi connectivity index (χ3v) is 6.47. The largest absolute Gasteiger partial charge is 1.00 e. The summed E-state index contributed by atoms with van der Waals surface area (Å²) in [5.74, 6) is -0.198. The molecule has 0 saturated heterocycles. The molecule has 0 fully saturated rings. The van der Waals surface area contributed by atoms with Crippen molar-refractivity contribution >= 4 is 22.9 Å². The number of nitrogens with one attached hydrogen (secondary N) is 3. The first kappa shape index (κ1) is 26.5. The van der Waals surface area contributed by atoms with Crippen molar-refractivity contribution in [1.29, 1.82) is 0 Å².